The van der Waals surface area contributed by atoms with Crippen LogP contribution in [0.2, 0.25) is 0 Å². The molecule has 0 unspecified atom stereocenters. The molecule has 0 spiro atoms. The third-order valence-electron chi connectivity index (χ3n) is 6.05. The van der Waals surface area contributed by atoms with Gasteiger partial charge in [0.15, 0.2) is 0 Å². The van der Waals surface area contributed by atoms with Crippen molar-refractivity contribution in [2.24, 2.45) is 0 Å². The molecule has 7 heteroatoms. The predicted molar refractivity (Wildman–Crippen MR) is 141 cm³/mol. The molecule has 1 aromatic heterocycles. The Kier molecular flexibility index (Phi) is 5.97. The maximum Gasteiger partial charge on any atom is 0.339 e. The number of allylic oxidation sites excluding steroid dienone is 1. The lowest BCUT2D eigenvalue weighted by molar-refractivity contribution is 0.482. The van der Waals surface area contributed by atoms with E-state index in [0.29, 0.717) is 35.1 Å². The Morgan fingerprint density at radius 3 is 2.46 bits per heavy atom. The highest BCUT2D eigenvalue weighted by atomic mass is 16.5. The van der Waals surface area contributed by atoms with E-state index in [-0.39, 0.29) is 5.69 Å². The summed E-state index contributed by atoms with van der Waals surface area (Å²) in [6.07, 6.45) is 5.10. The van der Waals surface area contributed by atoms with Gasteiger partial charge in [0.1, 0.15) is 23.0 Å². The lowest BCUT2D eigenvalue weighted by Gasteiger charge is -2.15. The summed E-state index contributed by atoms with van der Waals surface area (Å²) in [4.78, 5) is 14.0. The summed E-state index contributed by atoms with van der Waals surface area (Å²) in [5.74, 6) is 1.99. The van der Waals surface area contributed by atoms with Crippen molar-refractivity contribution in [3.8, 4) is 22.9 Å². The molecule has 0 saturated carbocycles. The zero-order valence-corrected chi connectivity index (χ0v) is 19.7. The summed E-state index contributed by atoms with van der Waals surface area (Å²) in [6.45, 7) is 1.98. The van der Waals surface area contributed by atoms with Gasteiger partial charge in [0.05, 0.1) is 17.1 Å². The van der Waals surface area contributed by atoms with Crippen molar-refractivity contribution in [2.75, 3.05) is 17.7 Å². The smallest absolute Gasteiger partial charge is 0.339 e. The molecule has 0 radical (unpaired) electrons. The van der Waals surface area contributed by atoms with Gasteiger partial charge in [0, 0.05) is 12.7 Å². The number of aryl methyl sites for hydroxylation is 1. The fourth-order valence-corrected chi connectivity index (χ4v) is 4.24. The summed E-state index contributed by atoms with van der Waals surface area (Å²) >= 11 is 0. The fourth-order valence-electron chi connectivity index (χ4n) is 4.24. The molecule has 0 atom stereocenters. The van der Waals surface area contributed by atoms with Crippen LogP contribution >= 0.6 is 0 Å². The van der Waals surface area contributed by atoms with Gasteiger partial charge in [-0.2, -0.15) is 0 Å². The van der Waals surface area contributed by atoms with Crippen LogP contribution in [0, 0.1) is 12.3 Å². The van der Waals surface area contributed by atoms with Gasteiger partial charge in [-0.25, -0.2) is 9.36 Å². The number of fused-ring (bicyclic) bond motifs is 1. The summed E-state index contributed by atoms with van der Waals surface area (Å²) in [7, 11) is 1.85. The first-order valence-electron chi connectivity index (χ1n) is 11.6. The molecule has 7 nitrogen and oxygen atoms in total. The van der Waals surface area contributed by atoms with E-state index in [1.165, 1.54) is 0 Å². The number of benzene rings is 3. The molecule has 4 aromatic rings. The minimum Gasteiger partial charge on any atom is -0.457 e. The predicted octanol–water partition coefficient (Wildman–Crippen LogP) is 5.86. The van der Waals surface area contributed by atoms with Crippen molar-refractivity contribution >= 4 is 17.2 Å². The SMILES string of the molecule is CNc1ccc(C)c(-n2c3c(n(-c4ccc(Oc5ccccc5)cc4)c2=O)C(=N)CC/C=C\N3)c1. The fraction of sp³-hybridized carbons (Fsp3) is 0.143. The quantitative estimate of drug-likeness (QED) is 0.345. The Hall–Kier alpha value is -4.52. The molecular formula is C28H27N5O2. The van der Waals surface area contributed by atoms with Gasteiger partial charge < -0.3 is 20.8 Å². The molecule has 5 rings (SSSR count). The summed E-state index contributed by atoms with van der Waals surface area (Å²) in [5.41, 5.74) is 4.01. The van der Waals surface area contributed by atoms with Crippen LogP contribution in [0.15, 0.2) is 89.9 Å². The average Bonchev–Trinajstić information content (AvgIpc) is 3.15. The van der Waals surface area contributed by atoms with Gasteiger partial charge >= 0.3 is 5.69 Å². The molecule has 35 heavy (non-hydrogen) atoms. The third kappa shape index (κ3) is 4.24. The van der Waals surface area contributed by atoms with Crippen LogP contribution < -0.4 is 21.1 Å². The van der Waals surface area contributed by atoms with Crippen LogP contribution in [0.3, 0.4) is 0 Å². The molecule has 2 heterocycles. The first-order chi connectivity index (χ1) is 17.1. The molecule has 3 N–H and O–H groups in total. The van der Waals surface area contributed by atoms with E-state index in [2.05, 4.69) is 10.6 Å². The van der Waals surface area contributed by atoms with Crippen molar-refractivity contribution in [2.45, 2.75) is 19.8 Å². The third-order valence-corrected chi connectivity index (χ3v) is 6.05. The second kappa shape index (κ2) is 9.38. The highest BCUT2D eigenvalue weighted by molar-refractivity contribution is 6.02. The minimum absolute atomic E-state index is 0.240. The Labute approximate surface area is 203 Å². The van der Waals surface area contributed by atoms with E-state index in [4.69, 9.17) is 10.1 Å². The van der Waals surface area contributed by atoms with Crippen molar-refractivity contribution in [3.05, 3.63) is 107 Å². The molecule has 176 valence electrons. The molecule has 0 amide bonds. The van der Waals surface area contributed by atoms with E-state index in [1.54, 1.807) is 9.13 Å². The van der Waals surface area contributed by atoms with E-state index in [1.807, 2.05) is 99.0 Å². The van der Waals surface area contributed by atoms with Crippen LogP contribution in [-0.2, 0) is 0 Å². The number of anilines is 2. The van der Waals surface area contributed by atoms with Crippen molar-refractivity contribution < 1.29 is 4.74 Å². The monoisotopic (exact) mass is 465 g/mol. The number of aromatic nitrogens is 2. The van der Waals surface area contributed by atoms with Gasteiger partial charge in [-0.1, -0.05) is 30.3 Å². The van der Waals surface area contributed by atoms with E-state index in [0.717, 1.165) is 29.1 Å². The summed E-state index contributed by atoms with van der Waals surface area (Å²) < 4.78 is 9.19. The average molecular weight is 466 g/mol. The van der Waals surface area contributed by atoms with Crippen LogP contribution in [0.25, 0.3) is 11.4 Å². The van der Waals surface area contributed by atoms with Crippen LogP contribution in [0.1, 0.15) is 24.1 Å². The number of hydrogen-bond donors (Lipinski definition) is 3. The highest BCUT2D eigenvalue weighted by Crippen LogP contribution is 2.29. The van der Waals surface area contributed by atoms with Crippen LogP contribution in [-0.4, -0.2) is 21.9 Å². The topological polar surface area (TPSA) is 84.1 Å². The highest BCUT2D eigenvalue weighted by Gasteiger charge is 2.26. The van der Waals surface area contributed by atoms with Crippen LogP contribution in [0.5, 0.6) is 11.5 Å². The molecule has 3 aromatic carbocycles. The van der Waals surface area contributed by atoms with Gasteiger partial charge in [0.2, 0.25) is 0 Å². The van der Waals surface area contributed by atoms with E-state index >= 15 is 0 Å². The lowest BCUT2D eigenvalue weighted by atomic mass is 10.1. The Morgan fingerprint density at radius 1 is 0.971 bits per heavy atom. The first-order valence-corrected chi connectivity index (χ1v) is 11.6. The Bertz CT molecular complexity index is 1460. The minimum atomic E-state index is -0.240. The number of nitrogens with one attached hydrogen (secondary N) is 3. The Morgan fingerprint density at radius 2 is 1.71 bits per heavy atom. The largest absolute Gasteiger partial charge is 0.457 e. The maximum atomic E-state index is 14.0. The van der Waals surface area contributed by atoms with E-state index in [9.17, 15) is 4.79 Å². The van der Waals surface area contributed by atoms with Gasteiger partial charge in [-0.05, 0) is 80.1 Å². The molecule has 0 fully saturated rings. The number of ether oxygens (including phenoxy) is 1. The van der Waals surface area contributed by atoms with Crippen molar-refractivity contribution in [1.29, 1.82) is 5.41 Å². The molecule has 1 aliphatic rings. The second-order valence-electron chi connectivity index (χ2n) is 8.37. The maximum absolute atomic E-state index is 14.0. The van der Waals surface area contributed by atoms with Gasteiger partial charge in [0.25, 0.3) is 0 Å². The van der Waals surface area contributed by atoms with Gasteiger partial charge in [-0.15, -0.1) is 0 Å². The number of nitrogens with zero attached hydrogens (tertiary/aromatic N) is 2. The summed E-state index contributed by atoms with van der Waals surface area (Å²) in [5, 5.41) is 15.2. The summed E-state index contributed by atoms with van der Waals surface area (Å²) in [6, 6.07) is 22.8. The normalized spacial score (nSPS) is 13.8. The molecular weight excluding hydrogens is 438 g/mol. The van der Waals surface area contributed by atoms with E-state index < -0.39 is 0 Å². The molecule has 1 aliphatic heterocycles. The first kappa shape index (κ1) is 22.3. The second-order valence-corrected chi connectivity index (χ2v) is 8.37. The lowest BCUT2D eigenvalue weighted by Crippen LogP contribution is -2.24. The standard InChI is InChI=1S/C28H27N5O2/c1-19-11-12-20(30-2)18-25(19)33-27-26(24(29)10-6-7-17-31-27)32(28(33)34)21-13-15-23(16-14-21)35-22-8-4-3-5-9-22/h3-5,7-9,11-18,29-31H,6,10H2,1-2H3/b17-7-,29-24?. The Balaban J connectivity index is 1.67. The molecule has 0 aliphatic carbocycles. The number of rotatable bonds is 5. The number of imidazole rings is 1. The number of para-hydroxylation sites is 1. The van der Waals surface area contributed by atoms with Crippen molar-refractivity contribution in [1.82, 2.24) is 9.13 Å². The number of hydrogen-bond acceptors (Lipinski definition) is 5. The zero-order chi connectivity index (χ0) is 24.4. The van der Waals surface area contributed by atoms with Crippen LogP contribution in [0.4, 0.5) is 11.5 Å². The van der Waals surface area contributed by atoms with Gasteiger partial charge in [-0.3, -0.25) is 4.57 Å². The molecule has 0 bridgehead atoms. The molecule has 0 saturated heterocycles. The van der Waals surface area contributed by atoms with Crippen molar-refractivity contribution in [3.63, 3.8) is 0 Å². The zero-order valence-electron chi connectivity index (χ0n) is 19.7.